The zero-order valence-electron chi connectivity index (χ0n) is 12.0. The lowest BCUT2D eigenvalue weighted by molar-refractivity contribution is 0.0994. The van der Waals surface area contributed by atoms with E-state index < -0.39 is 0 Å². The number of ether oxygens (including phenoxy) is 2. The summed E-state index contributed by atoms with van der Waals surface area (Å²) in [6.07, 6.45) is 1.33. The molecule has 4 nitrogen and oxygen atoms in total. The lowest BCUT2D eigenvalue weighted by Gasteiger charge is -2.13. The Labute approximate surface area is 122 Å². The molecule has 0 atom stereocenters. The van der Waals surface area contributed by atoms with E-state index in [-0.39, 0.29) is 11.5 Å². The van der Waals surface area contributed by atoms with Crippen LogP contribution in [-0.2, 0) is 6.42 Å². The number of carbonyl (C=O) groups is 1. The van der Waals surface area contributed by atoms with Gasteiger partial charge in [-0.15, -0.1) is 0 Å². The number of rotatable bonds is 3. The van der Waals surface area contributed by atoms with Gasteiger partial charge in [-0.25, -0.2) is 0 Å². The molecule has 0 spiro atoms. The van der Waals surface area contributed by atoms with Crippen molar-refractivity contribution in [3.63, 3.8) is 0 Å². The number of aryl methyl sites for hydroxylation is 1. The van der Waals surface area contributed by atoms with Crippen molar-refractivity contribution in [2.45, 2.75) is 12.8 Å². The van der Waals surface area contributed by atoms with Crippen LogP contribution in [0.1, 0.15) is 22.3 Å². The van der Waals surface area contributed by atoms with Gasteiger partial charge in [0.05, 0.1) is 14.2 Å². The molecule has 3 rings (SSSR count). The normalized spacial score (nSPS) is 13.1. The van der Waals surface area contributed by atoms with Crippen LogP contribution in [0.25, 0.3) is 11.1 Å². The van der Waals surface area contributed by atoms with Crippen molar-refractivity contribution in [3.8, 4) is 28.4 Å². The summed E-state index contributed by atoms with van der Waals surface area (Å²) in [4.78, 5) is 11.7. The fourth-order valence-corrected chi connectivity index (χ4v) is 2.77. The number of hydrogen-bond donors (Lipinski definition) is 1. The number of methoxy groups -OCH3 is 2. The Kier molecular flexibility index (Phi) is 3.29. The van der Waals surface area contributed by atoms with Gasteiger partial charge < -0.3 is 14.6 Å². The number of ketones is 1. The molecule has 2 aromatic carbocycles. The van der Waals surface area contributed by atoms with Gasteiger partial charge in [-0.2, -0.15) is 0 Å². The van der Waals surface area contributed by atoms with Gasteiger partial charge in [0.25, 0.3) is 0 Å². The molecule has 0 saturated heterocycles. The van der Waals surface area contributed by atoms with Gasteiger partial charge in [-0.3, -0.25) is 4.79 Å². The van der Waals surface area contributed by atoms with E-state index >= 15 is 0 Å². The van der Waals surface area contributed by atoms with Gasteiger partial charge >= 0.3 is 0 Å². The molecule has 4 heteroatoms. The van der Waals surface area contributed by atoms with Crippen molar-refractivity contribution < 1.29 is 19.4 Å². The number of hydrogen-bond acceptors (Lipinski definition) is 4. The first-order valence-corrected chi connectivity index (χ1v) is 6.76. The molecule has 0 heterocycles. The van der Waals surface area contributed by atoms with Crippen molar-refractivity contribution in [2.75, 3.05) is 14.2 Å². The molecule has 0 unspecified atom stereocenters. The number of Topliss-reactive ketones (excluding diaryl/α,β-unsaturated/α-hetero) is 1. The predicted octanol–water partition coefficient (Wildman–Crippen LogP) is 3.21. The van der Waals surface area contributed by atoms with Gasteiger partial charge in [-0.05, 0) is 29.7 Å². The first kappa shape index (κ1) is 13.5. The Hall–Kier alpha value is -2.49. The van der Waals surface area contributed by atoms with E-state index in [9.17, 15) is 9.90 Å². The van der Waals surface area contributed by atoms with Gasteiger partial charge in [-0.1, -0.05) is 18.2 Å². The minimum Gasteiger partial charge on any atom is -0.504 e. The number of fused-ring (bicyclic) bond motifs is 1. The zero-order chi connectivity index (χ0) is 15.0. The van der Waals surface area contributed by atoms with Gasteiger partial charge in [0.1, 0.15) is 0 Å². The van der Waals surface area contributed by atoms with Crippen LogP contribution in [0.4, 0.5) is 0 Å². The first-order valence-electron chi connectivity index (χ1n) is 6.76. The Morgan fingerprint density at radius 3 is 2.48 bits per heavy atom. The molecule has 1 aliphatic carbocycles. The maximum Gasteiger partial charge on any atom is 0.203 e. The SMILES string of the molecule is COc1ccc(-c2ccc3c(c2)CCC3=O)c(O)c1OC. The molecule has 108 valence electrons. The third kappa shape index (κ3) is 2.13. The van der Waals surface area contributed by atoms with E-state index in [1.165, 1.54) is 14.2 Å². The molecule has 0 fully saturated rings. The second-order valence-electron chi connectivity index (χ2n) is 4.99. The molecule has 1 N–H and O–H groups in total. The Bertz CT molecular complexity index is 719. The molecule has 0 aromatic heterocycles. The summed E-state index contributed by atoms with van der Waals surface area (Å²) in [7, 11) is 3.01. The van der Waals surface area contributed by atoms with E-state index in [0.717, 1.165) is 23.1 Å². The predicted molar refractivity (Wildman–Crippen MR) is 79.3 cm³/mol. The van der Waals surface area contributed by atoms with Crippen molar-refractivity contribution in [3.05, 3.63) is 41.5 Å². The van der Waals surface area contributed by atoms with Crippen molar-refractivity contribution >= 4 is 5.78 Å². The monoisotopic (exact) mass is 284 g/mol. The fourth-order valence-electron chi connectivity index (χ4n) is 2.77. The van der Waals surface area contributed by atoms with Gasteiger partial charge in [0, 0.05) is 17.5 Å². The third-order valence-electron chi connectivity index (χ3n) is 3.86. The molecule has 0 bridgehead atoms. The highest BCUT2D eigenvalue weighted by molar-refractivity contribution is 6.01. The molecule has 0 radical (unpaired) electrons. The van der Waals surface area contributed by atoms with Crippen molar-refractivity contribution in [1.82, 2.24) is 0 Å². The largest absolute Gasteiger partial charge is 0.504 e. The molecular formula is C17H16O4. The molecular weight excluding hydrogens is 268 g/mol. The summed E-state index contributed by atoms with van der Waals surface area (Å²) in [6, 6.07) is 9.18. The Morgan fingerprint density at radius 2 is 1.76 bits per heavy atom. The average Bonchev–Trinajstić information content (AvgIpc) is 2.87. The Balaban J connectivity index is 2.11. The minimum absolute atomic E-state index is 0.0427. The standard InChI is InChI=1S/C17H16O4/c1-20-15-8-6-13(16(19)17(15)21-2)11-3-5-12-10(9-11)4-7-14(12)18/h3,5-6,8-9,19H,4,7H2,1-2H3. The van der Waals surface area contributed by atoms with Crippen LogP contribution in [-0.4, -0.2) is 25.1 Å². The van der Waals surface area contributed by atoms with E-state index in [1.54, 1.807) is 12.1 Å². The summed E-state index contributed by atoms with van der Waals surface area (Å²) in [5.74, 6) is 1.02. The van der Waals surface area contributed by atoms with Gasteiger partial charge in [0.2, 0.25) is 5.75 Å². The quantitative estimate of drug-likeness (QED) is 0.940. The summed E-state index contributed by atoms with van der Waals surface area (Å²) < 4.78 is 10.4. The molecule has 0 aliphatic heterocycles. The maximum atomic E-state index is 11.7. The topological polar surface area (TPSA) is 55.8 Å². The second kappa shape index (κ2) is 5.13. The lowest BCUT2D eigenvalue weighted by Crippen LogP contribution is -1.94. The highest BCUT2D eigenvalue weighted by Gasteiger charge is 2.21. The average molecular weight is 284 g/mol. The van der Waals surface area contributed by atoms with Crippen LogP contribution in [0.2, 0.25) is 0 Å². The highest BCUT2D eigenvalue weighted by Crippen LogP contribution is 2.44. The first-order chi connectivity index (χ1) is 10.2. The zero-order valence-corrected chi connectivity index (χ0v) is 12.0. The lowest BCUT2D eigenvalue weighted by atomic mass is 9.99. The highest BCUT2D eigenvalue weighted by atomic mass is 16.5. The van der Waals surface area contributed by atoms with Crippen LogP contribution in [0, 0.1) is 0 Å². The molecule has 1 aliphatic rings. The molecule has 0 saturated carbocycles. The van der Waals surface area contributed by atoms with Gasteiger partial charge in [0.15, 0.2) is 17.3 Å². The third-order valence-corrected chi connectivity index (χ3v) is 3.86. The number of phenolic OH excluding ortho intramolecular Hbond substituents is 1. The summed E-state index contributed by atoms with van der Waals surface area (Å²) in [5.41, 5.74) is 3.35. The number of aromatic hydroxyl groups is 1. The van der Waals surface area contributed by atoms with E-state index in [0.29, 0.717) is 23.5 Å². The number of carbonyl (C=O) groups excluding carboxylic acids is 1. The van der Waals surface area contributed by atoms with E-state index in [2.05, 4.69) is 0 Å². The van der Waals surface area contributed by atoms with Crippen LogP contribution in [0.5, 0.6) is 17.2 Å². The fraction of sp³-hybridized carbons (Fsp3) is 0.235. The smallest absolute Gasteiger partial charge is 0.203 e. The molecule has 0 amide bonds. The van der Waals surface area contributed by atoms with Crippen LogP contribution < -0.4 is 9.47 Å². The maximum absolute atomic E-state index is 11.7. The molecule has 2 aromatic rings. The Morgan fingerprint density at radius 1 is 1.00 bits per heavy atom. The van der Waals surface area contributed by atoms with Crippen LogP contribution in [0.3, 0.4) is 0 Å². The molecule has 21 heavy (non-hydrogen) atoms. The summed E-state index contributed by atoms with van der Waals surface area (Å²) in [5, 5.41) is 10.4. The number of benzene rings is 2. The van der Waals surface area contributed by atoms with Crippen LogP contribution >= 0.6 is 0 Å². The number of phenols is 1. The minimum atomic E-state index is 0.0427. The van der Waals surface area contributed by atoms with Crippen molar-refractivity contribution in [2.24, 2.45) is 0 Å². The summed E-state index contributed by atoms with van der Waals surface area (Å²) in [6.45, 7) is 0. The van der Waals surface area contributed by atoms with Crippen LogP contribution in [0.15, 0.2) is 30.3 Å². The van der Waals surface area contributed by atoms with E-state index in [4.69, 9.17) is 9.47 Å². The summed E-state index contributed by atoms with van der Waals surface area (Å²) >= 11 is 0. The second-order valence-corrected chi connectivity index (χ2v) is 4.99. The van der Waals surface area contributed by atoms with E-state index in [1.807, 2.05) is 18.2 Å². The van der Waals surface area contributed by atoms with Crippen molar-refractivity contribution in [1.29, 1.82) is 0 Å².